The molecule has 0 aromatic heterocycles. The van der Waals surface area contributed by atoms with Gasteiger partial charge in [-0.1, -0.05) is 33.7 Å². The molecule has 0 aliphatic rings. The minimum Gasteiger partial charge on any atom is -0.0626 e. The van der Waals surface area contributed by atoms with E-state index in [1.165, 1.54) is 0 Å². The molecule has 0 fully saturated rings. The molecule has 0 aliphatic carbocycles. The summed E-state index contributed by atoms with van der Waals surface area (Å²) in [6, 6.07) is 0. The Bertz CT molecular complexity index is 8.00. The Hall–Kier alpha value is 6.81. The fraction of sp³-hybridized carbons (Fsp3) is 0. The molecule has 0 nitrogen and oxygen atoms in total. The smallest absolute Gasteiger partial charge is 0.0626 e. The van der Waals surface area contributed by atoms with Crippen LogP contribution in [0.4, 0.5) is 0 Å². The van der Waals surface area contributed by atoms with Crippen LogP contribution in [0.2, 0.25) is 0 Å². The Morgan fingerprint density at radius 1 is 0.250 bits per heavy atom. The molecule has 0 rings (SSSR count). The van der Waals surface area contributed by atoms with E-state index in [1.807, 2.05) is 0 Å². The van der Waals surface area contributed by atoms with E-state index < -0.39 is 0 Å². The number of rotatable bonds is 0. The van der Waals surface area contributed by atoms with Crippen molar-refractivity contribution in [3.05, 3.63) is 0 Å². The molecule has 0 atom stereocenters. The van der Waals surface area contributed by atoms with Crippen molar-refractivity contribution in [1.82, 2.24) is 0 Å². The van der Waals surface area contributed by atoms with Crippen LogP contribution in [0.25, 0.3) is 0 Å². The van der Waals surface area contributed by atoms with Gasteiger partial charge < -0.3 is 0 Å². The monoisotopic (exact) mass is 216 g/mol. The number of hydrogen-bond donors (Lipinski definition) is 0. The molecule has 0 heterocycles. The average Bonchev–Trinajstić information content (AvgIpc) is 0. The molecule has 0 aromatic rings. The molecule has 8 heavy (non-hydrogen) atoms. The van der Waals surface area contributed by atoms with Crippen LogP contribution in [0.1, 0.15) is 0 Å². The molecule has 0 radical (unpaired) electrons. The van der Waals surface area contributed by atoms with Crippen LogP contribution in [-0.2, 0) is 0 Å². The van der Waals surface area contributed by atoms with Gasteiger partial charge in [-0.25, -0.2) is 0 Å². The summed E-state index contributed by atoms with van der Waals surface area (Å²) in [5.41, 5.74) is 0. The van der Waals surface area contributed by atoms with Crippen LogP contribution in [0, 0.1) is 0 Å². The maximum atomic E-state index is 0. The van der Waals surface area contributed by atoms with Crippen molar-refractivity contribution in [1.29, 1.82) is 0 Å². The van der Waals surface area contributed by atoms with Crippen molar-refractivity contribution >= 4 is 33.7 Å². The summed E-state index contributed by atoms with van der Waals surface area (Å²) >= 11 is 0. The Kier molecular flexibility index (Phi) is 372. The largest absolute Gasteiger partial charge is 1.00 e. The topological polar surface area (TPSA) is 0 Å². The molecular weight excluding hydrogens is 200 g/mol. The summed E-state index contributed by atoms with van der Waals surface area (Å²) in [5.74, 6) is 0. The van der Waals surface area contributed by atoms with Gasteiger partial charge in [-0.15, -0.1) is 0 Å². The standard InChI is InChI=1S/4BH4.4K/h4*1H4;;;;/q4*-1;4*+1. The minimum atomic E-state index is 0. The van der Waals surface area contributed by atoms with Crippen LogP contribution in [0.15, 0.2) is 0 Å². The fourth-order valence-electron chi connectivity index (χ4n) is 0. The van der Waals surface area contributed by atoms with Gasteiger partial charge in [0.25, 0.3) is 0 Å². The van der Waals surface area contributed by atoms with E-state index in [0.717, 1.165) is 0 Å². The molecule has 8 heteroatoms. The third-order valence-corrected chi connectivity index (χ3v) is 0. The van der Waals surface area contributed by atoms with Gasteiger partial charge >= 0.3 is 206 Å². The van der Waals surface area contributed by atoms with E-state index in [0.29, 0.717) is 0 Å². The first-order chi connectivity index (χ1) is 0. The summed E-state index contributed by atoms with van der Waals surface area (Å²) in [5, 5.41) is 0. The van der Waals surface area contributed by atoms with Gasteiger partial charge in [0.15, 0.2) is 0 Å². The van der Waals surface area contributed by atoms with Crippen molar-refractivity contribution in [3.8, 4) is 0 Å². The zero-order valence-electron chi connectivity index (χ0n) is 4.00. The van der Waals surface area contributed by atoms with Gasteiger partial charge in [-0.05, 0) is 0 Å². The summed E-state index contributed by atoms with van der Waals surface area (Å²) < 4.78 is 0. The van der Waals surface area contributed by atoms with Gasteiger partial charge in [0.05, 0.1) is 0 Å². The van der Waals surface area contributed by atoms with E-state index in [1.54, 1.807) is 0 Å². The summed E-state index contributed by atoms with van der Waals surface area (Å²) in [6.07, 6.45) is 0. The van der Waals surface area contributed by atoms with Crippen LogP contribution < -0.4 is 206 Å². The first kappa shape index (κ1) is 60.9. The van der Waals surface area contributed by atoms with Crippen molar-refractivity contribution in [2.24, 2.45) is 0 Å². The predicted molar refractivity (Wildman–Crippen MR) is 45.3 cm³/mol. The van der Waals surface area contributed by atoms with Crippen molar-refractivity contribution < 1.29 is 206 Å². The van der Waals surface area contributed by atoms with Gasteiger partial charge in [-0.3, -0.25) is 0 Å². The maximum Gasteiger partial charge on any atom is 1.00 e. The molecule has 0 aromatic carbocycles. The quantitative estimate of drug-likeness (QED) is 0.352. The molecule has 0 saturated carbocycles. The first-order valence-electron chi connectivity index (χ1n) is 0. The molecule has 0 unspecified atom stereocenters. The zero-order valence-corrected chi connectivity index (χ0v) is 16.5. The molecule has 0 spiro atoms. The normalized spacial score (nSPS) is 0. The Morgan fingerprint density at radius 3 is 0.250 bits per heavy atom. The fourth-order valence-corrected chi connectivity index (χ4v) is 0. The van der Waals surface area contributed by atoms with E-state index in [4.69, 9.17) is 0 Å². The Morgan fingerprint density at radius 2 is 0.250 bits per heavy atom. The second-order valence-electron chi connectivity index (χ2n) is 0. The van der Waals surface area contributed by atoms with E-state index in [-0.39, 0.29) is 239 Å². The SMILES string of the molecule is [BH4-].[BH4-].[BH4-].[BH4-].[K+].[K+].[K+].[K+]. The van der Waals surface area contributed by atoms with Gasteiger partial charge in [0.1, 0.15) is 0 Å². The van der Waals surface area contributed by atoms with E-state index in [2.05, 4.69) is 0 Å². The molecule has 0 amide bonds. The summed E-state index contributed by atoms with van der Waals surface area (Å²) in [6.45, 7) is 0. The van der Waals surface area contributed by atoms with Gasteiger partial charge in [-0.2, -0.15) is 0 Å². The summed E-state index contributed by atoms with van der Waals surface area (Å²) in [7, 11) is 0. The Balaban J connectivity index is 0. The van der Waals surface area contributed by atoms with Crippen LogP contribution in [0.5, 0.6) is 0 Å². The zero-order chi connectivity index (χ0) is 0. The third kappa shape index (κ3) is 38.5. The van der Waals surface area contributed by atoms with Crippen LogP contribution in [0.3, 0.4) is 0 Å². The third-order valence-electron chi connectivity index (χ3n) is 0. The van der Waals surface area contributed by atoms with Crippen molar-refractivity contribution in [2.45, 2.75) is 0 Å². The van der Waals surface area contributed by atoms with Crippen LogP contribution in [-0.4, -0.2) is 33.7 Å². The van der Waals surface area contributed by atoms with Crippen molar-refractivity contribution in [2.75, 3.05) is 0 Å². The number of hydrogen-bond acceptors (Lipinski definition) is 0. The van der Waals surface area contributed by atoms with Gasteiger partial charge in [0.2, 0.25) is 0 Å². The maximum absolute atomic E-state index is 0. The molecule has 0 saturated heterocycles. The van der Waals surface area contributed by atoms with Gasteiger partial charge in [0, 0.05) is 0 Å². The van der Waals surface area contributed by atoms with Crippen molar-refractivity contribution in [3.63, 3.8) is 0 Å². The van der Waals surface area contributed by atoms with E-state index >= 15 is 0 Å². The second kappa shape index (κ2) is 48.9. The molecule has 0 bridgehead atoms. The molecular formula is H16B4K4. The second-order valence-corrected chi connectivity index (χ2v) is 0. The summed E-state index contributed by atoms with van der Waals surface area (Å²) in [4.78, 5) is 0. The van der Waals surface area contributed by atoms with E-state index in [9.17, 15) is 0 Å². The molecule has 32 valence electrons. The predicted octanol–water partition coefficient (Wildman–Crippen LogP) is -17.8. The first-order valence-corrected chi connectivity index (χ1v) is 0. The molecule has 0 aliphatic heterocycles. The minimum absolute atomic E-state index is 0. The average molecular weight is 216 g/mol. The van der Waals surface area contributed by atoms with Crippen LogP contribution >= 0.6 is 0 Å². The molecule has 0 N–H and O–H groups in total. The Labute approximate surface area is 230 Å².